The van der Waals surface area contributed by atoms with Gasteiger partial charge in [-0.1, -0.05) is 48.2 Å². The van der Waals surface area contributed by atoms with Crippen LogP contribution in [0.15, 0.2) is 64.2 Å². The van der Waals surface area contributed by atoms with Crippen molar-refractivity contribution in [2.75, 3.05) is 5.32 Å². The van der Waals surface area contributed by atoms with Gasteiger partial charge in [0.2, 0.25) is 5.91 Å². The molecule has 1 amide bonds. The van der Waals surface area contributed by atoms with Gasteiger partial charge in [0.1, 0.15) is 5.69 Å². The maximum absolute atomic E-state index is 13.3. The van der Waals surface area contributed by atoms with Crippen molar-refractivity contribution in [3.63, 3.8) is 0 Å². The molecule has 4 nitrogen and oxygen atoms in total. The van der Waals surface area contributed by atoms with E-state index in [9.17, 15) is 18.0 Å². The summed E-state index contributed by atoms with van der Waals surface area (Å²) in [6, 6.07) is 14.9. The second-order valence-electron chi connectivity index (χ2n) is 6.52. The van der Waals surface area contributed by atoms with Crippen LogP contribution in [0, 0.1) is 6.92 Å². The number of benzene rings is 2. The lowest BCUT2D eigenvalue weighted by Crippen LogP contribution is -2.23. The highest BCUT2D eigenvalue weighted by molar-refractivity contribution is 9.10. The molecule has 1 atom stereocenters. The summed E-state index contributed by atoms with van der Waals surface area (Å²) in [5.41, 5.74) is 1.23. The summed E-state index contributed by atoms with van der Waals surface area (Å²) in [7, 11) is 0. The molecule has 30 heavy (non-hydrogen) atoms. The Kier molecular flexibility index (Phi) is 6.82. The van der Waals surface area contributed by atoms with E-state index in [1.54, 1.807) is 43.3 Å². The lowest BCUT2D eigenvalue weighted by molar-refractivity contribution is -0.141. The van der Waals surface area contributed by atoms with Gasteiger partial charge in [0, 0.05) is 10.0 Å². The molecule has 156 valence electrons. The highest BCUT2D eigenvalue weighted by Gasteiger charge is 2.34. The van der Waals surface area contributed by atoms with Gasteiger partial charge in [0.25, 0.3) is 0 Å². The maximum atomic E-state index is 13.3. The number of thioether (sulfide) groups is 1. The van der Waals surface area contributed by atoms with E-state index in [4.69, 9.17) is 0 Å². The van der Waals surface area contributed by atoms with E-state index in [-0.39, 0.29) is 16.8 Å². The number of amides is 1. The van der Waals surface area contributed by atoms with Crippen molar-refractivity contribution in [3.8, 4) is 11.3 Å². The highest BCUT2D eigenvalue weighted by Crippen LogP contribution is 2.33. The van der Waals surface area contributed by atoms with Gasteiger partial charge >= 0.3 is 6.18 Å². The lowest BCUT2D eigenvalue weighted by atomic mass is 10.1. The number of nitrogens with one attached hydrogen (secondary N) is 1. The van der Waals surface area contributed by atoms with Gasteiger partial charge in [-0.3, -0.25) is 4.79 Å². The van der Waals surface area contributed by atoms with Crippen LogP contribution < -0.4 is 5.32 Å². The smallest absolute Gasteiger partial charge is 0.324 e. The van der Waals surface area contributed by atoms with E-state index in [0.717, 1.165) is 27.9 Å². The number of hydrogen-bond acceptors (Lipinski definition) is 4. The number of carbonyl (C=O) groups excluding carboxylic acids is 1. The molecule has 3 rings (SSSR count). The molecular formula is C21H17BrF3N3OS. The van der Waals surface area contributed by atoms with Crippen molar-refractivity contribution in [1.29, 1.82) is 0 Å². The number of hydrogen-bond donors (Lipinski definition) is 1. The molecule has 1 heterocycles. The van der Waals surface area contributed by atoms with Gasteiger partial charge in [-0.15, -0.1) is 0 Å². The van der Waals surface area contributed by atoms with Crippen LogP contribution in [0.5, 0.6) is 0 Å². The molecular weight excluding hydrogens is 479 g/mol. The van der Waals surface area contributed by atoms with E-state index in [0.29, 0.717) is 11.3 Å². The van der Waals surface area contributed by atoms with Gasteiger partial charge in [-0.25, -0.2) is 9.97 Å². The minimum atomic E-state index is -4.62. The lowest BCUT2D eigenvalue weighted by Gasteiger charge is -2.14. The zero-order valence-corrected chi connectivity index (χ0v) is 18.4. The number of nitrogens with zero attached hydrogens (tertiary/aromatic N) is 2. The fourth-order valence-corrected chi connectivity index (χ4v) is 3.92. The van der Waals surface area contributed by atoms with Gasteiger partial charge in [0.05, 0.1) is 16.6 Å². The number of carbonyl (C=O) groups is 1. The van der Waals surface area contributed by atoms with E-state index >= 15 is 0 Å². The molecule has 0 unspecified atom stereocenters. The third-order valence-electron chi connectivity index (χ3n) is 4.10. The first kappa shape index (κ1) is 22.3. The Morgan fingerprint density at radius 1 is 1.10 bits per heavy atom. The molecule has 0 radical (unpaired) electrons. The Bertz CT molecular complexity index is 1060. The van der Waals surface area contributed by atoms with Gasteiger partial charge in [0.15, 0.2) is 5.16 Å². The predicted molar refractivity (Wildman–Crippen MR) is 115 cm³/mol. The Balaban J connectivity index is 1.84. The van der Waals surface area contributed by atoms with Crippen LogP contribution in [0.1, 0.15) is 18.2 Å². The summed E-state index contributed by atoms with van der Waals surface area (Å²) in [6.45, 7) is 3.51. The first-order valence-corrected chi connectivity index (χ1v) is 10.6. The molecule has 0 saturated carbocycles. The normalized spacial score (nSPS) is 12.5. The van der Waals surface area contributed by atoms with Crippen LogP contribution >= 0.6 is 27.7 Å². The van der Waals surface area contributed by atoms with Crippen LogP contribution in [0.3, 0.4) is 0 Å². The molecule has 0 fully saturated rings. The topological polar surface area (TPSA) is 54.9 Å². The molecule has 1 aromatic heterocycles. The zero-order chi connectivity index (χ0) is 21.9. The molecule has 2 aromatic carbocycles. The summed E-state index contributed by atoms with van der Waals surface area (Å²) in [5, 5.41) is 1.93. The quantitative estimate of drug-likeness (QED) is 0.330. The second-order valence-corrected chi connectivity index (χ2v) is 8.68. The number of aromatic nitrogens is 2. The summed E-state index contributed by atoms with van der Waals surface area (Å²) < 4.78 is 40.7. The molecule has 0 aliphatic carbocycles. The number of rotatable bonds is 5. The highest BCUT2D eigenvalue weighted by atomic mass is 79.9. The minimum Gasteiger partial charge on any atom is -0.324 e. The largest absolute Gasteiger partial charge is 0.433 e. The molecule has 3 aromatic rings. The molecule has 0 spiro atoms. The molecule has 0 aliphatic heterocycles. The van der Waals surface area contributed by atoms with Gasteiger partial charge in [-0.05, 0) is 53.5 Å². The van der Waals surface area contributed by atoms with E-state index in [1.165, 1.54) is 0 Å². The summed E-state index contributed by atoms with van der Waals surface area (Å²) in [6.07, 6.45) is -4.62. The van der Waals surface area contributed by atoms with Crippen LogP contribution in [0.2, 0.25) is 0 Å². The minimum absolute atomic E-state index is 0.116. The van der Waals surface area contributed by atoms with Crippen molar-refractivity contribution in [3.05, 3.63) is 70.3 Å². The first-order valence-electron chi connectivity index (χ1n) is 8.89. The van der Waals surface area contributed by atoms with Gasteiger partial charge in [-0.2, -0.15) is 13.2 Å². The van der Waals surface area contributed by atoms with Crippen LogP contribution in [0.25, 0.3) is 11.3 Å². The summed E-state index contributed by atoms with van der Waals surface area (Å²) in [4.78, 5) is 20.4. The van der Waals surface area contributed by atoms with Crippen LogP contribution in [-0.2, 0) is 11.0 Å². The number of alkyl halides is 3. The Morgan fingerprint density at radius 3 is 2.43 bits per heavy atom. The zero-order valence-electron chi connectivity index (χ0n) is 16.0. The number of halogens is 4. The Morgan fingerprint density at radius 2 is 1.80 bits per heavy atom. The fourth-order valence-electron chi connectivity index (χ4n) is 2.55. The fraction of sp³-hybridized carbons (Fsp3) is 0.190. The van der Waals surface area contributed by atoms with Crippen LogP contribution in [0.4, 0.5) is 18.9 Å². The van der Waals surface area contributed by atoms with Gasteiger partial charge < -0.3 is 5.32 Å². The van der Waals surface area contributed by atoms with Crippen molar-refractivity contribution >= 4 is 39.3 Å². The molecule has 0 saturated heterocycles. The van der Waals surface area contributed by atoms with Crippen molar-refractivity contribution in [2.45, 2.75) is 30.4 Å². The maximum Gasteiger partial charge on any atom is 0.433 e. The average molecular weight is 496 g/mol. The van der Waals surface area contributed by atoms with Crippen molar-refractivity contribution in [1.82, 2.24) is 9.97 Å². The number of anilines is 1. The summed E-state index contributed by atoms with van der Waals surface area (Å²) >= 11 is 4.26. The second kappa shape index (κ2) is 9.18. The molecule has 1 N–H and O–H groups in total. The van der Waals surface area contributed by atoms with Crippen molar-refractivity contribution in [2.24, 2.45) is 0 Å². The van der Waals surface area contributed by atoms with E-state index < -0.39 is 17.1 Å². The first-order chi connectivity index (χ1) is 14.1. The van der Waals surface area contributed by atoms with Crippen molar-refractivity contribution < 1.29 is 18.0 Å². The summed E-state index contributed by atoms with van der Waals surface area (Å²) in [5.74, 6) is -0.369. The van der Waals surface area contributed by atoms with E-state index in [2.05, 4.69) is 31.2 Å². The SMILES string of the molecule is Cc1ccc(NC(=O)[C@H](C)Sc2nc(-c3ccccc3)cc(C(F)(F)F)n2)c(Br)c1. The predicted octanol–water partition coefficient (Wildman–Crippen LogP) is 6.35. The number of aryl methyl sites for hydroxylation is 1. The Labute approximate surface area is 184 Å². The monoisotopic (exact) mass is 495 g/mol. The standard InChI is InChI=1S/C21H17BrF3N3OS/c1-12-8-9-16(15(22)10-12)26-19(29)13(2)30-20-27-17(14-6-4-3-5-7-14)11-18(28-20)21(23,24)25/h3-11,13H,1-2H3,(H,26,29)/t13-/m0/s1. The molecule has 0 bridgehead atoms. The van der Waals surface area contributed by atoms with E-state index in [1.807, 2.05) is 19.1 Å². The molecule has 9 heteroatoms. The third-order valence-corrected chi connectivity index (χ3v) is 5.72. The average Bonchev–Trinajstić information content (AvgIpc) is 2.69. The molecule has 0 aliphatic rings. The van der Waals surface area contributed by atoms with Crippen LogP contribution in [-0.4, -0.2) is 21.1 Å². The Hall–Kier alpha value is -2.39. The third kappa shape index (κ3) is 5.60.